The first-order valence-corrected chi connectivity index (χ1v) is 21.3. The molecule has 0 radical (unpaired) electrons. The van der Waals surface area contributed by atoms with Crippen LogP contribution in [0.1, 0.15) is 154 Å². The van der Waals surface area contributed by atoms with Crippen LogP contribution >= 0.6 is 0 Å². The highest BCUT2D eigenvalue weighted by atomic mass is 16.5. The number of rotatable bonds is 35. The van der Waals surface area contributed by atoms with Crippen LogP contribution < -0.4 is 0 Å². The van der Waals surface area contributed by atoms with Crippen LogP contribution in [0.2, 0.25) is 0 Å². The molecule has 0 aliphatic heterocycles. The number of ether oxygens (including phenoxy) is 2. The summed E-state index contributed by atoms with van der Waals surface area (Å²) in [5.41, 5.74) is 4.31. The lowest BCUT2D eigenvalue weighted by molar-refractivity contribution is -0.124. The van der Waals surface area contributed by atoms with Crippen LogP contribution in [0, 0.1) is 0 Å². The number of hydrogen-bond donors (Lipinski definition) is 0. The number of ketones is 2. The second kappa shape index (κ2) is 31.0. The summed E-state index contributed by atoms with van der Waals surface area (Å²) in [6.07, 6.45) is 20.9. The zero-order valence-corrected chi connectivity index (χ0v) is 33.9. The zero-order valence-electron chi connectivity index (χ0n) is 33.9. The minimum absolute atomic E-state index is 0.165. The molecular formula is C46H76N2O4. The number of carbonyl (C=O) groups excluding carboxylic acids is 2. The monoisotopic (exact) mass is 721 g/mol. The molecule has 52 heavy (non-hydrogen) atoms. The predicted octanol–water partition coefficient (Wildman–Crippen LogP) is 11.2. The summed E-state index contributed by atoms with van der Waals surface area (Å²) in [4.78, 5) is 30.3. The van der Waals surface area contributed by atoms with Crippen LogP contribution in [-0.4, -0.2) is 73.8 Å². The number of hydrogen-bond acceptors (Lipinski definition) is 6. The third-order valence-corrected chi connectivity index (χ3v) is 9.92. The number of unbranched alkanes of at least 4 members (excludes halogenated alkanes) is 10. The van der Waals surface area contributed by atoms with Gasteiger partial charge in [-0.15, -0.1) is 0 Å². The minimum atomic E-state index is 0.165. The Kier molecular flexibility index (Phi) is 27.3. The van der Waals surface area contributed by atoms with E-state index in [9.17, 15) is 9.59 Å². The highest BCUT2D eigenvalue weighted by Gasteiger charge is 2.10. The van der Waals surface area contributed by atoms with Crippen LogP contribution in [0.3, 0.4) is 0 Å². The minimum Gasteiger partial charge on any atom is -0.369 e. The highest BCUT2D eigenvalue weighted by molar-refractivity contribution is 5.80. The first kappa shape index (κ1) is 45.8. The van der Waals surface area contributed by atoms with E-state index >= 15 is 0 Å². The van der Waals surface area contributed by atoms with Gasteiger partial charge in [0.1, 0.15) is 13.2 Å². The van der Waals surface area contributed by atoms with Gasteiger partial charge in [-0.25, -0.2) is 0 Å². The van der Waals surface area contributed by atoms with Gasteiger partial charge in [0, 0.05) is 12.8 Å². The second-order valence-corrected chi connectivity index (χ2v) is 14.9. The van der Waals surface area contributed by atoms with Crippen molar-refractivity contribution in [2.24, 2.45) is 0 Å². The predicted molar refractivity (Wildman–Crippen MR) is 220 cm³/mol. The molecular weight excluding hydrogens is 645 g/mol. The molecule has 6 heteroatoms. The first-order chi connectivity index (χ1) is 25.5. The average Bonchev–Trinajstić information content (AvgIpc) is 3.15. The fourth-order valence-corrected chi connectivity index (χ4v) is 6.70. The van der Waals surface area contributed by atoms with Gasteiger partial charge in [-0.1, -0.05) is 128 Å². The van der Waals surface area contributed by atoms with Crippen molar-refractivity contribution in [3.8, 4) is 11.1 Å². The molecule has 0 aromatic heterocycles. The lowest BCUT2D eigenvalue weighted by atomic mass is 10.0. The van der Waals surface area contributed by atoms with E-state index in [1.165, 1.54) is 89.9 Å². The molecule has 0 spiro atoms. The standard InChI is InChI=1S/C46H76N2O4/c1-5-9-13-15-17-31-47(29-11-7-3)33-21-27-45(49)39-51-37-41-23-19-25-43(35-41)44-26-20-24-42(36-44)38-52-40-46(50)28-22-34-48(30-12-8-4)32-18-16-14-10-6-2/h19-20,23-26,35-36H,5-18,21-22,27-34,37-40H2,1-4H3. The number of nitrogens with zero attached hydrogens (tertiary/aromatic N) is 2. The second-order valence-electron chi connectivity index (χ2n) is 14.9. The fraction of sp³-hybridized carbons (Fsp3) is 0.696. The molecule has 294 valence electrons. The van der Waals surface area contributed by atoms with E-state index in [0.717, 1.165) is 74.4 Å². The third kappa shape index (κ3) is 22.6. The molecule has 6 nitrogen and oxygen atoms in total. The Morgan fingerprint density at radius 3 is 1.23 bits per heavy atom. The van der Waals surface area contributed by atoms with Crippen LogP contribution in [0.5, 0.6) is 0 Å². The van der Waals surface area contributed by atoms with E-state index in [2.05, 4.69) is 73.9 Å². The molecule has 0 amide bonds. The molecule has 0 atom stereocenters. The van der Waals surface area contributed by atoms with E-state index in [1.807, 2.05) is 12.1 Å². The summed E-state index contributed by atoms with van der Waals surface area (Å²) >= 11 is 0. The molecule has 2 aromatic carbocycles. The van der Waals surface area contributed by atoms with Gasteiger partial charge in [-0.3, -0.25) is 9.59 Å². The summed E-state index contributed by atoms with van der Waals surface area (Å²) in [6.45, 7) is 16.7. The molecule has 0 saturated carbocycles. The molecule has 0 aliphatic carbocycles. The Morgan fingerprint density at radius 2 is 0.827 bits per heavy atom. The maximum Gasteiger partial charge on any atom is 0.158 e. The topological polar surface area (TPSA) is 59.1 Å². The summed E-state index contributed by atoms with van der Waals surface area (Å²) in [5, 5.41) is 0. The summed E-state index contributed by atoms with van der Waals surface area (Å²) in [5.74, 6) is 0.366. The maximum absolute atomic E-state index is 12.6. The quantitative estimate of drug-likeness (QED) is 0.0661. The molecule has 2 aromatic rings. The molecule has 2 rings (SSSR count). The van der Waals surface area contributed by atoms with Crippen molar-refractivity contribution < 1.29 is 19.1 Å². The largest absolute Gasteiger partial charge is 0.369 e. The van der Waals surface area contributed by atoms with E-state index in [1.54, 1.807) is 0 Å². The number of benzene rings is 2. The third-order valence-electron chi connectivity index (χ3n) is 9.92. The number of carbonyl (C=O) groups is 2. The van der Waals surface area contributed by atoms with Gasteiger partial charge in [0.15, 0.2) is 11.6 Å². The SMILES string of the molecule is CCCCCCCN(CCCC)CCCC(=O)COCc1cccc(-c2cccc(COCC(=O)CCCN(CCCC)CCCCCCC)c2)c1. The molecule has 0 unspecified atom stereocenters. The van der Waals surface area contributed by atoms with E-state index in [4.69, 9.17) is 9.47 Å². The average molecular weight is 721 g/mol. The van der Waals surface area contributed by atoms with Crippen LogP contribution in [0.25, 0.3) is 11.1 Å². The van der Waals surface area contributed by atoms with Gasteiger partial charge in [-0.05, 0) is 112 Å². The Morgan fingerprint density at radius 1 is 0.462 bits per heavy atom. The summed E-state index contributed by atoms with van der Waals surface area (Å²) < 4.78 is 11.7. The van der Waals surface area contributed by atoms with Gasteiger partial charge >= 0.3 is 0 Å². The Balaban J connectivity index is 1.71. The van der Waals surface area contributed by atoms with Crippen molar-refractivity contribution in [2.45, 2.75) is 156 Å². The maximum atomic E-state index is 12.6. The Hall–Kier alpha value is -2.38. The van der Waals surface area contributed by atoms with Crippen molar-refractivity contribution in [2.75, 3.05) is 52.5 Å². The van der Waals surface area contributed by atoms with Crippen LogP contribution in [0.4, 0.5) is 0 Å². The molecule has 0 heterocycles. The molecule has 0 N–H and O–H groups in total. The van der Waals surface area contributed by atoms with E-state index in [-0.39, 0.29) is 24.8 Å². The van der Waals surface area contributed by atoms with Crippen molar-refractivity contribution in [1.29, 1.82) is 0 Å². The van der Waals surface area contributed by atoms with Gasteiger partial charge in [0.05, 0.1) is 13.2 Å². The van der Waals surface area contributed by atoms with Crippen molar-refractivity contribution in [3.63, 3.8) is 0 Å². The Labute approximate surface area is 319 Å². The van der Waals surface area contributed by atoms with Gasteiger partial charge < -0.3 is 19.3 Å². The van der Waals surface area contributed by atoms with Gasteiger partial charge in [0.25, 0.3) is 0 Å². The molecule has 0 aliphatic rings. The van der Waals surface area contributed by atoms with Crippen molar-refractivity contribution in [1.82, 2.24) is 9.80 Å². The Bertz CT molecular complexity index is 1090. The summed E-state index contributed by atoms with van der Waals surface area (Å²) in [6, 6.07) is 16.7. The lowest BCUT2D eigenvalue weighted by Crippen LogP contribution is -2.28. The fourth-order valence-electron chi connectivity index (χ4n) is 6.70. The highest BCUT2D eigenvalue weighted by Crippen LogP contribution is 2.22. The van der Waals surface area contributed by atoms with Crippen molar-refractivity contribution in [3.05, 3.63) is 59.7 Å². The molecule has 0 fully saturated rings. The first-order valence-electron chi connectivity index (χ1n) is 21.3. The lowest BCUT2D eigenvalue weighted by Gasteiger charge is -2.22. The van der Waals surface area contributed by atoms with Crippen LogP contribution in [-0.2, 0) is 32.3 Å². The van der Waals surface area contributed by atoms with Gasteiger partial charge in [-0.2, -0.15) is 0 Å². The molecule has 0 saturated heterocycles. The molecule has 0 bridgehead atoms. The zero-order chi connectivity index (χ0) is 37.5. The van der Waals surface area contributed by atoms with E-state index < -0.39 is 0 Å². The van der Waals surface area contributed by atoms with Crippen LogP contribution in [0.15, 0.2) is 48.5 Å². The smallest absolute Gasteiger partial charge is 0.158 e. The normalized spacial score (nSPS) is 11.6. The van der Waals surface area contributed by atoms with E-state index in [0.29, 0.717) is 26.1 Å². The number of Topliss-reactive ketones (excluding diaryl/α,β-unsaturated/α-hetero) is 2. The van der Waals surface area contributed by atoms with Gasteiger partial charge in [0.2, 0.25) is 0 Å². The summed E-state index contributed by atoms with van der Waals surface area (Å²) in [7, 11) is 0. The van der Waals surface area contributed by atoms with Crippen molar-refractivity contribution >= 4 is 11.6 Å².